The molecule has 0 aromatic carbocycles. The van der Waals surface area contributed by atoms with E-state index in [1.807, 2.05) is 4.90 Å². The van der Waals surface area contributed by atoms with Crippen molar-refractivity contribution in [1.82, 2.24) is 30.0 Å². The van der Waals surface area contributed by atoms with Crippen LogP contribution in [0.3, 0.4) is 0 Å². The maximum Gasteiger partial charge on any atom is 0.244 e. The number of nitrogens with zero attached hydrogens (tertiary/aromatic N) is 6. The van der Waals surface area contributed by atoms with Gasteiger partial charge in [0.1, 0.15) is 12.9 Å². The molecule has 2 fully saturated rings. The van der Waals surface area contributed by atoms with Crippen molar-refractivity contribution < 1.29 is 9.53 Å². The molecule has 3 rings (SSSR count). The lowest BCUT2D eigenvalue weighted by atomic mass is 9.73. The topological polar surface area (TPSA) is 76.4 Å². The molecule has 8 nitrogen and oxygen atoms in total. The Labute approximate surface area is 143 Å². The average molecular weight is 336 g/mol. The molecule has 2 aliphatic rings. The van der Waals surface area contributed by atoms with Crippen LogP contribution in [0.15, 0.2) is 6.33 Å². The number of methoxy groups -OCH3 is 1. The van der Waals surface area contributed by atoms with Crippen LogP contribution in [0.2, 0.25) is 0 Å². The van der Waals surface area contributed by atoms with Crippen molar-refractivity contribution in [3.8, 4) is 0 Å². The summed E-state index contributed by atoms with van der Waals surface area (Å²) in [5.41, 5.74) is 0.264. The number of rotatable bonds is 6. The first-order valence-corrected chi connectivity index (χ1v) is 8.91. The van der Waals surface area contributed by atoms with Gasteiger partial charge in [-0.2, -0.15) is 0 Å². The van der Waals surface area contributed by atoms with Gasteiger partial charge in [-0.1, -0.05) is 0 Å². The summed E-state index contributed by atoms with van der Waals surface area (Å²) in [6.07, 6.45) is 7.34. The van der Waals surface area contributed by atoms with Crippen molar-refractivity contribution in [3.05, 3.63) is 6.33 Å². The van der Waals surface area contributed by atoms with E-state index >= 15 is 0 Å². The SMILES string of the molecule is COCCCN1CCCC2(CCCN(C(=O)Cn3cnnn3)C2)C1. The molecule has 0 bridgehead atoms. The number of carbonyl (C=O) groups excluding carboxylic acids is 1. The molecule has 1 unspecified atom stereocenters. The average Bonchev–Trinajstić information content (AvgIpc) is 3.08. The molecule has 24 heavy (non-hydrogen) atoms. The minimum atomic E-state index is 0.123. The first-order chi connectivity index (χ1) is 11.7. The molecule has 0 saturated carbocycles. The molecule has 0 aliphatic carbocycles. The highest BCUT2D eigenvalue weighted by Gasteiger charge is 2.40. The van der Waals surface area contributed by atoms with Crippen LogP contribution in [0, 0.1) is 5.41 Å². The summed E-state index contributed by atoms with van der Waals surface area (Å²) in [4.78, 5) is 17.1. The monoisotopic (exact) mass is 336 g/mol. The summed E-state index contributed by atoms with van der Waals surface area (Å²) in [7, 11) is 1.76. The highest BCUT2D eigenvalue weighted by atomic mass is 16.5. The second kappa shape index (κ2) is 8.02. The third-order valence-corrected chi connectivity index (χ3v) is 5.27. The predicted octanol–water partition coefficient (Wildman–Crippen LogP) is 0.414. The van der Waals surface area contributed by atoms with Gasteiger partial charge in [-0.15, -0.1) is 5.10 Å². The van der Waals surface area contributed by atoms with Gasteiger partial charge in [-0.25, -0.2) is 4.68 Å². The van der Waals surface area contributed by atoms with E-state index in [2.05, 4.69) is 20.4 Å². The quantitative estimate of drug-likeness (QED) is 0.701. The van der Waals surface area contributed by atoms with Gasteiger partial charge >= 0.3 is 0 Å². The van der Waals surface area contributed by atoms with Gasteiger partial charge in [-0.05, 0) is 49.1 Å². The zero-order valence-corrected chi connectivity index (χ0v) is 14.6. The third-order valence-electron chi connectivity index (χ3n) is 5.27. The summed E-state index contributed by atoms with van der Waals surface area (Å²) in [5.74, 6) is 0.123. The van der Waals surface area contributed by atoms with E-state index in [0.29, 0.717) is 0 Å². The molecule has 1 aromatic rings. The predicted molar refractivity (Wildman–Crippen MR) is 88.2 cm³/mol. The molecule has 1 aromatic heterocycles. The largest absolute Gasteiger partial charge is 0.385 e. The number of hydrogen-bond donors (Lipinski definition) is 0. The van der Waals surface area contributed by atoms with Gasteiger partial charge in [0.05, 0.1) is 0 Å². The van der Waals surface area contributed by atoms with E-state index in [1.54, 1.807) is 7.11 Å². The van der Waals surface area contributed by atoms with E-state index in [9.17, 15) is 4.79 Å². The fraction of sp³-hybridized carbons (Fsp3) is 0.875. The molecule has 2 saturated heterocycles. The Balaban J connectivity index is 1.56. The van der Waals surface area contributed by atoms with Crippen LogP contribution in [0.5, 0.6) is 0 Å². The van der Waals surface area contributed by atoms with Crippen LogP contribution in [-0.2, 0) is 16.1 Å². The number of amides is 1. The number of carbonyl (C=O) groups is 1. The maximum atomic E-state index is 12.6. The standard InChI is InChI=1S/C16H28N6O2/c1-24-10-4-8-20-7-2-5-16(12-20)6-3-9-21(13-16)15(23)11-22-14-17-18-19-22/h14H,2-13H2,1H3. The second-order valence-corrected chi connectivity index (χ2v) is 7.15. The molecule has 8 heteroatoms. The second-order valence-electron chi connectivity index (χ2n) is 7.15. The minimum absolute atomic E-state index is 0.123. The molecule has 0 radical (unpaired) electrons. The lowest BCUT2D eigenvalue weighted by Gasteiger charge is -2.48. The Morgan fingerprint density at radius 1 is 1.25 bits per heavy atom. The first kappa shape index (κ1) is 17.3. The lowest BCUT2D eigenvalue weighted by Crippen LogP contribution is -2.54. The van der Waals surface area contributed by atoms with Gasteiger partial charge in [0.2, 0.25) is 5.91 Å². The van der Waals surface area contributed by atoms with Crippen LogP contribution in [0.25, 0.3) is 0 Å². The summed E-state index contributed by atoms with van der Waals surface area (Å²) >= 11 is 0. The van der Waals surface area contributed by atoms with Crippen LogP contribution < -0.4 is 0 Å². The Hall–Kier alpha value is -1.54. The van der Waals surface area contributed by atoms with E-state index in [1.165, 1.54) is 36.8 Å². The van der Waals surface area contributed by atoms with Gasteiger partial charge in [-0.3, -0.25) is 4.79 Å². The normalized spacial score (nSPS) is 25.3. The molecule has 3 heterocycles. The van der Waals surface area contributed by atoms with E-state index in [4.69, 9.17) is 4.74 Å². The summed E-state index contributed by atoms with van der Waals surface area (Å²) in [6.45, 7) is 6.14. The van der Waals surface area contributed by atoms with E-state index in [-0.39, 0.29) is 17.9 Å². The zero-order chi connectivity index (χ0) is 16.8. The summed E-state index contributed by atoms with van der Waals surface area (Å²) in [6, 6.07) is 0. The molecule has 2 aliphatic heterocycles. The Bertz CT molecular complexity index is 519. The summed E-state index contributed by atoms with van der Waals surface area (Å²) < 4.78 is 6.67. The van der Waals surface area contributed by atoms with E-state index < -0.39 is 0 Å². The summed E-state index contributed by atoms with van der Waals surface area (Å²) in [5, 5.41) is 11.0. The van der Waals surface area contributed by atoms with Crippen LogP contribution in [-0.4, -0.2) is 82.4 Å². The number of aromatic nitrogens is 4. The number of ether oxygens (including phenoxy) is 1. The van der Waals surface area contributed by atoms with Crippen molar-refractivity contribution in [2.75, 3.05) is 46.4 Å². The fourth-order valence-electron chi connectivity index (χ4n) is 4.18. The van der Waals surface area contributed by atoms with Crippen LogP contribution in [0.1, 0.15) is 32.1 Å². The van der Waals surface area contributed by atoms with Crippen molar-refractivity contribution in [1.29, 1.82) is 0 Å². The fourth-order valence-corrected chi connectivity index (χ4v) is 4.18. The van der Waals surface area contributed by atoms with Gasteiger partial charge in [0.25, 0.3) is 0 Å². The number of tetrazole rings is 1. The molecular formula is C16H28N6O2. The highest BCUT2D eigenvalue weighted by molar-refractivity contribution is 5.76. The van der Waals surface area contributed by atoms with Crippen molar-refractivity contribution in [2.45, 2.75) is 38.6 Å². The van der Waals surface area contributed by atoms with Gasteiger partial charge in [0, 0.05) is 45.3 Å². The van der Waals surface area contributed by atoms with E-state index in [0.717, 1.165) is 45.6 Å². The zero-order valence-electron chi connectivity index (χ0n) is 14.6. The van der Waals surface area contributed by atoms with Crippen LogP contribution >= 0.6 is 0 Å². The van der Waals surface area contributed by atoms with Crippen LogP contribution in [0.4, 0.5) is 0 Å². The lowest BCUT2D eigenvalue weighted by molar-refractivity contribution is -0.136. The molecule has 0 N–H and O–H groups in total. The maximum absolute atomic E-state index is 12.6. The van der Waals surface area contributed by atoms with Gasteiger partial charge < -0.3 is 14.5 Å². The molecule has 1 amide bonds. The highest BCUT2D eigenvalue weighted by Crippen LogP contribution is 2.38. The Kier molecular flexibility index (Phi) is 5.78. The number of hydrogen-bond acceptors (Lipinski definition) is 6. The number of piperidine rings is 2. The van der Waals surface area contributed by atoms with Gasteiger partial charge in [0.15, 0.2) is 0 Å². The molecule has 1 atom stereocenters. The smallest absolute Gasteiger partial charge is 0.244 e. The number of likely N-dealkylation sites (tertiary alicyclic amines) is 2. The Morgan fingerprint density at radius 2 is 2.08 bits per heavy atom. The van der Waals surface area contributed by atoms with Crippen molar-refractivity contribution >= 4 is 5.91 Å². The molecular weight excluding hydrogens is 308 g/mol. The first-order valence-electron chi connectivity index (χ1n) is 8.91. The molecule has 1 spiro atoms. The third kappa shape index (κ3) is 4.30. The Morgan fingerprint density at radius 3 is 2.83 bits per heavy atom. The van der Waals surface area contributed by atoms with Crippen molar-refractivity contribution in [3.63, 3.8) is 0 Å². The molecule has 134 valence electrons. The minimum Gasteiger partial charge on any atom is -0.385 e. The van der Waals surface area contributed by atoms with Crippen molar-refractivity contribution in [2.24, 2.45) is 5.41 Å².